The normalized spacial score (nSPS) is 12.1. The first-order chi connectivity index (χ1) is 10.2. The molecule has 2 rings (SSSR count). The highest BCUT2D eigenvalue weighted by Gasteiger charge is 2.18. The molecule has 21 heavy (non-hydrogen) atoms. The van der Waals surface area contributed by atoms with Gasteiger partial charge in [0.05, 0.1) is 22.8 Å². The van der Waals surface area contributed by atoms with Gasteiger partial charge in [0.1, 0.15) is 0 Å². The number of hydrogen-bond donors (Lipinski definition) is 0. The summed E-state index contributed by atoms with van der Waals surface area (Å²) >= 11 is 1.47. The Morgan fingerprint density at radius 1 is 1.38 bits per heavy atom. The number of thiazole rings is 1. The van der Waals surface area contributed by atoms with Crippen LogP contribution in [0.5, 0.6) is 0 Å². The second-order valence-corrected chi connectivity index (χ2v) is 6.02. The maximum atomic E-state index is 11.3. The number of anilines is 1. The zero-order chi connectivity index (χ0) is 15.2. The van der Waals surface area contributed by atoms with Crippen molar-refractivity contribution in [2.75, 3.05) is 11.4 Å². The minimum Gasteiger partial charge on any atom is -0.342 e. The lowest BCUT2D eigenvalue weighted by Crippen LogP contribution is -2.22. The van der Waals surface area contributed by atoms with Crippen LogP contribution in [0.3, 0.4) is 0 Å². The minimum atomic E-state index is 0.309. The molecule has 5 heteroatoms. The lowest BCUT2D eigenvalue weighted by molar-refractivity contribution is 0.112. The number of aromatic nitrogens is 2. The van der Waals surface area contributed by atoms with Crippen LogP contribution >= 0.6 is 11.3 Å². The van der Waals surface area contributed by atoms with Crippen molar-refractivity contribution in [1.82, 2.24) is 9.97 Å². The van der Waals surface area contributed by atoms with E-state index in [9.17, 15) is 4.79 Å². The van der Waals surface area contributed by atoms with Crippen molar-refractivity contribution in [2.24, 2.45) is 0 Å². The van der Waals surface area contributed by atoms with Crippen LogP contribution < -0.4 is 4.90 Å². The van der Waals surface area contributed by atoms with Crippen LogP contribution in [0.1, 0.15) is 54.2 Å². The van der Waals surface area contributed by atoms with Crippen molar-refractivity contribution < 1.29 is 4.79 Å². The van der Waals surface area contributed by atoms with Crippen molar-refractivity contribution in [3.63, 3.8) is 0 Å². The first-order valence-corrected chi connectivity index (χ1v) is 8.11. The van der Waals surface area contributed by atoms with Crippen molar-refractivity contribution >= 4 is 22.8 Å². The van der Waals surface area contributed by atoms with Gasteiger partial charge in [0.25, 0.3) is 0 Å². The van der Waals surface area contributed by atoms with Gasteiger partial charge in [-0.1, -0.05) is 31.3 Å². The predicted molar refractivity (Wildman–Crippen MR) is 87.2 cm³/mol. The smallest absolute Gasteiger partial charge is 0.186 e. The van der Waals surface area contributed by atoms with Gasteiger partial charge in [0.15, 0.2) is 11.4 Å². The van der Waals surface area contributed by atoms with Gasteiger partial charge in [-0.15, -0.1) is 0 Å². The molecule has 0 aromatic carbocycles. The topological polar surface area (TPSA) is 46.1 Å². The zero-order valence-corrected chi connectivity index (χ0v) is 13.6. The molecular weight excluding hydrogens is 282 g/mol. The van der Waals surface area contributed by atoms with Crippen molar-refractivity contribution in [3.05, 3.63) is 40.7 Å². The van der Waals surface area contributed by atoms with Gasteiger partial charge < -0.3 is 4.90 Å². The number of aldehydes is 1. The van der Waals surface area contributed by atoms with Crippen LogP contribution in [0.25, 0.3) is 0 Å². The molecule has 0 saturated carbocycles. The summed E-state index contributed by atoms with van der Waals surface area (Å²) in [6, 6.07) is 5.90. The van der Waals surface area contributed by atoms with E-state index in [2.05, 4.69) is 30.7 Å². The summed E-state index contributed by atoms with van der Waals surface area (Å²) in [4.78, 5) is 23.2. The van der Waals surface area contributed by atoms with Crippen LogP contribution in [0, 0.1) is 0 Å². The van der Waals surface area contributed by atoms with E-state index < -0.39 is 0 Å². The Morgan fingerprint density at radius 3 is 2.76 bits per heavy atom. The van der Waals surface area contributed by atoms with Gasteiger partial charge in [-0.3, -0.25) is 9.78 Å². The van der Waals surface area contributed by atoms with Crippen molar-refractivity contribution in [3.8, 4) is 0 Å². The fraction of sp³-hybridized carbons (Fsp3) is 0.438. The Kier molecular flexibility index (Phi) is 5.44. The molecular formula is C16H21N3OS. The molecule has 0 amide bonds. The van der Waals surface area contributed by atoms with E-state index in [1.807, 2.05) is 18.2 Å². The molecule has 0 aliphatic rings. The number of hydrogen-bond acceptors (Lipinski definition) is 5. The second-order valence-electron chi connectivity index (χ2n) is 5.01. The van der Waals surface area contributed by atoms with Gasteiger partial charge in [-0.05, 0) is 31.4 Å². The highest BCUT2D eigenvalue weighted by atomic mass is 32.1. The summed E-state index contributed by atoms with van der Waals surface area (Å²) < 4.78 is 0. The number of nitrogens with zero attached hydrogens (tertiary/aromatic N) is 3. The summed E-state index contributed by atoms with van der Waals surface area (Å²) in [5, 5.41) is 0.903. The minimum absolute atomic E-state index is 0.309. The van der Waals surface area contributed by atoms with E-state index in [1.165, 1.54) is 11.3 Å². The second kappa shape index (κ2) is 7.31. The average Bonchev–Trinajstić information content (AvgIpc) is 2.97. The van der Waals surface area contributed by atoms with E-state index in [0.29, 0.717) is 12.5 Å². The van der Waals surface area contributed by atoms with E-state index in [4.69, 9.17) is 4.98 Å². The average molecular weight is 303 g/mol. The Hall–Kier alpha value is -1.75. The Balaban J connectivity index is 2.26. The third kappa shape index (κ3) is 3.67. The first-order valence-electron chi connectivity index (χ1n) is 7.30. The van der Waals surface area contributed by atoms with Crippen molar-refractivity contribution in [2.45, 2.75) is 39.7 Å². The molecule has 0 aliphatic carbocycles. The molecule has 0 N–H and O–H groups in total. The van der Waals surface area contributed by atoms with Crippen LogP contribution in [-0.2, 0) is 6.54 Å². The fourth-order valence-corrected chi connectivity index (χ4v) is 3.16. The van der Waals surface area contributed by atoms with E-state index in [-0.39, 0.29) is 0 Å². The number of carbonyl (C=O) groups excluding carboxylic acids is 1. The standard InChI is InChI=1S/C16H21N3OS/c1-4-12(3)15-14(11-20)21-16(18-15)19(5-2)10-13-8-6-7-9-17-13/h6-9,11-12H,4-5,10H2,1-3H3. The lowest BCUT2D eigenvalue weighted by atomic mass is 10.0. The monoisotopic (exact) mass is 303 g/mol. The number of rotatable bonds is 7. The van der Waals surface area contributed by atoms with E-state index in [0.717, 1.165) is 40.6 Å². The fourth-order valence-electron chi connectivity index (χ4n) is 2.10. The van der Waals surface area contributed by atoms with Gasteiger partial charge in [0, 0.05) is 12.7 Å². The Labute approximate surface area is 129 Å². The number of carbonyl (C=O) groups is 1. The molecule has 0 spiro atoms. The molecule has 0 saturated heterocycles. The molecule has 1 atom stereocenters. The van der Waals surface area contributed by atoms with Crippen LogP contribution in [0.15, 0.2) is 24.4 Å². The molecule has 2 heterocycles. The summed E-state index contributed by atoms with van der Waals surface area (Å²) in [6.07, 6.45) is 3.71. The largest absolute Gasteiger partial charge is 0.342 e. The van der Waals surface area contributed by atoms with Gasteiger partial charge in [-0.2, -0.15) is 0 Å². The third-order valence-electron chi connectivity index (χ3n) is 3.59. The summed E-state index contributed by atoms with van der Waals surface area (Å²) in [7, 11) is 0. The zero-order valence-electron chi connectivity index (χ0n) is 12.7. The highest BCUT2D eigenvalue weighted by molar-refractivity contribution is 7.17. The molecule has 2 aromatic heterocycles. The van der Waals surface area contributed by atoms with Crippen LogP contribution in [0.2, 0.25) is 0 Å². The molecule has 112 valence electrons. The summed E-state index contributed by atoms with van der Waals surface area (Å²) in [5.74, 6) is 0.309. The number of pyridine rings is 1. The molecule has 4 nitrogen and oxygen atoms in total. The van der Waals surface area contributed by atoms with Crippen molar-refractivity contribution in [1.29, 1.82) is 0 Å². The summed E-state index contributed by atoms with van der Waals surface area (Å²) in [6.45, 7) is 7.86. The van der Waals surface area contributed by atoms with Gasteiger partial charge in [0.2, 0.25) is 0 Å². The van der Waals surface area contributed by atoms with E-state index >= 15 is 0 Å². The van der Waals surface area contributed by atoms with Crippen LogP contribution in [0.4, 0.5) is 5.13 Å². The molecule has 0 bridgehead atoms. The third-order valence-corrected chi connectivity index (χ3v) is 4.64. The quantitative estimate of drug-likeness (QED) is 0.728. The predicted octanol–water partition coefficient (Wildman–Crippen LogP) is 3.89. The maximum absolute atomic E-state index is 11.3. The lowest BCUT2D eigenvalue weighted by Gasteiger charge is -2.19. The SMILES string of the molecule is CCC(C)c1nc(N(CC)Cc2ccccn2)sc1C=O. The van der Waals surface area contributed by atoms with Crippen LogP contribution in [-0.4, -0.2) is 22.8 Å². The van der Waals surface area contributed by atoms with Gasteiger partial charge in [-0.25, -0.2) is 4.98 Å². The molecule has 2 aromatic rings. The molecule has 0 radical (unpaired) electrons. The molecule has 1 unspecified atom stereocenters. The Bertz CT molecular complexity index is 582. The maximum Gasteiger partial charge on any atom is 0.186 e. The van der Waals surface area contributed by atoms with E-state index in [1.54, 1.807) is 6.20 Å². The Morgan fingerprint density at radius 2 is 2.19 bits per heavy atom. The highest BCUT2D eigenvalue weighted by Crippen LogP contribution is 2.31. The summed E-state index contributed by atoms with van der Waals surface area (Å²) in [5.41, 5.74) is 1.93. The molecule has 0 fully saturated rings. The molecule has 0 aliphatic heterocycles. The first kappa shape index (κ1) is 15.6. The van der Waals surface area contributed by atoms with Gasteiger partial charge >= 0.3 is 0 Å².